The van der Waals surface area contributed by atoms with Crippen LogP contribution in [0, 0.1) is 0 Å². The first kappa shape index (κ1) is 10.0. The highest BCUT2D eigenvalue weighted by Crippen LogP contribution is 1.95. The van der Waals surface area contributed by atoms with Gasteiger partial charge in [-0.25, -0.2) is 4.79 Å². The second kappa shape index (κ2) is 4.77. The lowest BCUT2D eigenvalue weighted by atomic mass is 10.2. The van der Waals surface area contributed by atoms with E-state index in [1.165, 1.54) is 0 Å². The fourth-order valence-corrected chi connectivity index (χ4v) is 0.636. The van der Waals surface area contributed by atoms with E-state index in [1.807, 2.05) is 13.8 Å². The number of hydrogen-bond donors (Lipinski definition) is 2. The molecule has 0 aromatic carbocycles. The van der Waals surface area contributed by atoms with Gasteiger partial charge in [-0.3, -0.25) is 0 Å². The molecule has 0 saturated heterocycles. The molecule has 0 aromatic heterocycles. The van der Waals surface area contributed by atoms with Crippen LogP contribution in [-0.4, -0.2) is 17.1 Å². The lowest BCUT2D eigenvalue weighted by Gasteiger charge is -2.12. The summed E-state index contributed by atoms with van der Waals surface area (Å²) >= 11 is 0. The number of carboxylic acids is 1. The van der Waals surface area contributed by atoms with E-state index in [-0.39, 0.29) is 11.7 Å². The van der Waals surface area contributed by atoms with Crippen molar-refractivity contribution < 1.29 is 9.90 Å². The summed E-state index contributed by atoms with van der Waals surface area (Å²) in [6.07, 6.45) is 2.49. The van der Waals surface area contributed by atoms with Gasteiger partial charge >= 0.3 is 5.97 Å². The molecule has 0 radical (unpaired) electrons. The zero-order chi connectivity index (χ0) is 8.85. The number of carbonyl (C=O) groups is 1. The molecular weight excluding hydrogens is 142 g/mol. The summed E-state index contributed by atoms with van der Waals surface area (Å²) in [7, 11) is 0. The fraction of sp³-hybridized carbons (Fsp3) is 0.625. The van der Waals surface area contributed by atoms with Gasteiger partial charge < -0.3 is 10.4 Å². The SMILES string of the molecule is C/C=C(\NC(C)CC)C(=O)O. The molecule has 0 heterocycles. The first-order valence-electron chi connectivity index (χ1n) is 3.78. The molecule has 3 nitrogen and oxygen atoms in total. The van der Waals surface area contributed by atoms with Crippen molar-refractivity contribution >= 4 is 5.97 Å². The quantitative estimate of drug-likeness (QED) is 0.606. The first-order chi connectivity index (χ1) is 5.11. The number of rotatable bonds is 4. The maximum absolute atomic E-state index is 10.5. The normalized spacial score (nSPS) is 14.3. The standard InChI is InChI=1S/C8H15NO2/c1-4-6(3)9-7(5-2)8(10)11/h5-6,9H,4H2,1-3H3,(H,10,11)/b7-5-. The van der Waals surface area contributed by atoms with Gasteiger partial charge in [0.25, 0.3) is 0 Å². The average Bonchev–Trinajstić information content (AvgIpc) is 1.99. The fourth-order valence-electron chi connectivity index (χ4n) is 0.636. The predicted molar refractivity (Wildman–Crippen MR) is 44.3 cm³/mol. The van der Waals surface area contributed by atoms with E-state index in [1.54, 1.807) is 13.0 Å². The highest BCUT2D eigenvalue weighted by Gasteiger charge is 2.06. The van der Waals surface area contributed by atoms with E-state index in [4.69, 9.17) is 5.11 Å². The van der Waals surface area contributed by atoms with E-state index in [9.17, 15) is 4.79 Å². The molecule has 0 bridgehead atoms. The van der Waals surface area contributed by atoms with Crippen molar-refractivity contribution in [3.63, 3.8) is 0 Å². The van der Waals surface area contributed by atoms with Gasteiger partial charge in [0.1, 0.15) is 5.70 Å². The van der Waals surface area contributed by atoms with Gasteiger partial charge in [-0.15, -0.1) is 0 Å². The second-order valence-electron chi connectivity index (χ2n) is 2.46. The van der Waals surface area contributed by atoms with Crippen LogP contribution in [0.2, 0.25) is 0 Å². The Morgan fingerprint density at radius 2 is 2.27 bits per heavy atom. The topological polar surface area (TPSA) is 49.3 Å². The van der Waals surface area contributed by atoms with Crippen LogP contribution in [-0.2, 0) is 4.79 Å². The number of aliphatic carboxylic acids is 1. The highest BCUT2D eigenvalue weighted by molar-refractivity contribution is 5.85. The summed E-state index contributed by atoms with van der Waals surface area (Å²) in [5.74, 6) is -0.896. The Morgan fingerprint density at radius 3 is 2.55 bits per heavy atom. The van der Waals surface area contributed by atoms with Crippen molar-refractivity contribution in [3.8, 4) is 0 Å². The third-order valence-corrected chi connectivity index (χ3v) is 1.53. The minimum atomic E-state index is -0.896. The summed E-state index contributed by atoms with van der Waals surface area (Å²) < 4.78 is 0. The van der Waals surface area contributed by atoms with Crippen LogP contribution in [0.3, 0.4) is 0 Å². The maximum atomic E-state index is 10.5. The van der Waals surface area contributed by atoms with Gasteiger partial charge in [-0.2, -0.15) is 0 Å². The molecule has 0 fully saturated rings. The summed E-state index contributed by atoms with van der Waals surface area (Å²) in [5, 5.41) is 11.5. The van der Waals surface area contributed by atoms with Gasteiger partial charge in [0.15, 0.2) is 0 Å². The smallest absolute Gasteiger partial charge is 0.351 e. The Kier molecular flexibility index (Phi) is 4.34. The Balaban J connectivity index is 4.00. The van der Waals surface area contributed by atoms with Crippen molar-refractivity contribution in [2.75, 3.05) is 0 Å². The van der Waals surface area contributed by atoms with Gasteiger partial charge in [0.05, 0.1) is 0 Å². The van der Waals surface area contributed by atoms with Crippen molar-refractivity contribution in [2.45, 2.75) is 33.2 Å². The molecule has 3 heteroatoms. The molecule has 0 aromatic rings. The van der Waals surface area contributed by atoms with Gasteiger partial charge in [-0.1, -0.05) is 13.0 Å². The largest absolute Gasteiger partial charge is 0.477 e. The summed E-state index contributed by atoms with van der Waals surface area (Å²) in [4.78, 5) is 10.5. The van der Waals surface area contributed by atoms with Gasteiger partial charge in [0, 0.05) is 6.04 Å². The van der Waals surface area contributed by atoms with E-state index in [2.05, 4.69) is 5.32 Å². The molecule has 0 spiro atoms. The average molecular weight is 157 g/mol. The third kappa shape index (κ3) is 3.65. The molecule has 0 aliphatic carbocycles. The molecule has 2 N–H and O–H groups in total. The molecule has 0 amide bonds. The molecule has 0 rings (SSSR count). The zero-order valence-electron chi connectivity index (χ0n) is 7.22. The van der Waals surface area contributed by atoms with Gasteiger partial charge in [-0.05, 0) is 20.3 Å². The lowest BCUT2D eigenvalue weighted by Crippen LogP contribution is -2.28. The monoisotopic (exact) mass is 157 g/mol. The maximum Gasteiger partial charge on any atom is 0.351 e. The lowest BCUT2D eigenvalue weighted by molar-refractivity contribution is -0.133. The van der Waals surface area contributed by atoms with Crippen LogP contribution in [0.15, 0.2) is 11.8 Å². The van der Waals surface area contributed by atoms with E-state index in [0.717, 1.165) is 6.42 Å². The minimum absolute atomic E-state index is 0.220. The van der Waals surface area contributed by atoms with Crippen molar-refractivity contribution in [3.05, 3.63) is 11.8 Å². The number of nitrogens with one attached hydrogen (secondary N) is 1. The molecule has 1 unspecified atom stereocenters. The predicted octanol–water partition coefficient (Wildman–Crippen LogP) is 1.36. The highest BCUT2D eigenvalue weighted by atomic mass is 16.4. The van der Waals surface area contributed by atoms with Crippen molar-refractivity contribution in [2.24, 2.45) is 0 Å². The molecule has 1 atom stereocenters. The summed E-state index contributed by atoms with van der Waals surface area (Å²) in [6, 6.07) is 0.220. The Hall–Kier alpha value is -0.990. The van der Waals surface area contributed by atoms with Crippen LogP contribution in [0.5, 0.6) is 0 Å². The molecule has 11 heavy (non-hydrogen) atoms. The van der Waals surface area contributed by atoms with Crippen LogP contribution >= 0.6 is 0 Å². The molecule has 64 valence electrons. The summed E-state index contributed by atoms with van der Waals surface area (Å²) in [6.45, 7) is 5.66. The van der Waals surface area contributed by atoms with E-state index >= 15 is 0 Å². The van der Waals surface area contributed by atoms with Crippen LogP contribution in [0.1, 0.15) is 27.2 Å². The summed E-state index contributed by atoms with van der Waals surface area (Å²) in [5.41, 5.74) is 0.277. The Labute approximate surface area is 67.1 Å². The van der Waals surface area contributed by atoms with Crippen LogP contribution in [0.25, 0.3) is 0 Å². The molecule has 0 aliphatic rings. The molecule has 0 saturated carbocycles. The molecular formula is C8H15NO2. The van der Waals surface area contributed by atoms with Crippen LogP contribution < -0.4 is 5.32 Å². The molecule has 0 aliphatic heterocycles. The van der Waals surface area contributed by atoms with E-state index in [0.29, 0.717) is 0 Å². The first-order valence-corrected chi connectivity index (χ1v) is 3.78. The number of allylic oxidation sites excluding steroid dienone is 1. The van der Waals surface area contributed by atoms with Gasteiger partial charge in [0.2, 0.25) is 0 Å². The van der Waals surface area contributed by atoms with Crippen LogP contribution in [0.4, 0.5) is 0 Å². The Morgan fingerprint density at radius 1 is 1.73 bits per heavy atom. The Bertz CT molecular complexity index is 163. The number of carboxylic acid groups (broad SMARTS) is 1. The second-order valence-corrected chi connectivity index (χ2v) is 2.46. The zero-order valence-corrected chi connectivity index (χ0v) is 7.22. The van der Waals surface area contributed by atoms with E-state index < -0.39 is 5.97 Å². The number of hydrogen-bond acceptors (Lipinski definition) is 2. The van der Waals surface area contributed by atoms with Crippen molar-refractivity contribution in [1.82, 2.24) is 5.32 Å². The van der Waals surface area contributed by atoms with Crippen molar-refractivity contribution in [1.29, 1.82) is 0 Å². The minimum Gasteiger partial charge on any atom is -0.477 e. The third-order valence-electron chi connectivity index (χ3n) is 1.53.